The first-order valence-corrected chi connectivity index (χ1v) is 7.26. The number of urea groups is 1. The zero-order valence-electron chi connectivity index (χ0n) is 10.8. The van der Waals surface area contributed by atoms with E-state index in [1.54, 1.807) is 16.7 Å². The molecule has 8 heteroatoms. The van der Waals surface area contributed by atoms with Gasteiger partial charge >= 0.3 is 12.0 Å². The maximum Gasteiger partial charge on any atom is 0.326 e. The third-order valence-corrected chi connectivity index (χ3v) is 3.67. The molecule has 3 N–H and O–H groups in total. The van der Waals surface area contributed by atoms with Crippen LogP contribution in [0.4, 0.5) is 4.79 Å². The molecule has 0 aromatic heterocycles. The lowest BCUT2D eigenvalue weighted by Crippen LogP contribution is -2.40. The van der Waals surface area contributed by atoms with Crippen molar-refractivity contribution in [3.05, 3.63) is 0 Å². The Labute approximate surface area is 116 Å². The smallest absolute Gasteiger partial charge is 0.326 e. The second kappa shape index (κ2) is 7.88. The molecule has 1 heterocycles. The Kier molecular flexibility index (Phi) is 6.48. The molecular formula is C11H19N3O4S. The molecule has 0 radical (unpaired) electrons. The van der Waals surface area contributed by atoms with E-state index in [9.17, 15) is 14.4 Å². The Balaban J connectivity index is 2.13. The minimum atomic E-state index is -1.02. The summed E-state index contributed by atoms with van der Waals surface area (Å²) < 4.78 is 0. The molecule has 1 unspecified atom stereocenters. The highest BCUT2D eigenvalue weighted by Gasteiger charge is 2.19. The topological polar surface area (TPSA) is 98.7 Å². The van der Waals surface area contributed by atoms with Gasteiger partial charge in [-0.2, -0.15) is 11.8 Å². The van der Waals surface area contributed by atoms with Crippen LogP contribution in [0.3, 0.4) is 0 Å². The molecule has 1 rings (SSSR count). The molecule has 1 aliphatic heterocycles. The highest BCUT2D eigenvalue weighted by atomic mass is 32.2. The van der Waals surface area contributed by atoms with E-state index in [-0.39, 0.29) is 11.9 Å². The summed E-state index contributed by atoms with van der Waals surface area (Å²) in [5.41, 5.74) is 0. The molecule has 19 heavy (non-hydrogen) atoms. The summed E-state index contributed by atoms with van der Waals surface area (Å²) in [6.45, 7) is 3.37. The predicted octanol–water partition coefficient (Wildman–Crippen LogP) is -0.276. The Morgan fingerprint density at radius 3 is 2.79 bits per heavy atom. The van der Waals surface area contributed by atoms with Gasteiger partial charge in [0.15, 0.2) is 0 Å². The average Bonchev–Trinajstić information content (AvgIpc) is 2.72. The van der Waals surface area contributed by atoms with Crippen LogP contribution in [-0.2, 0) is 9.59 Å². The summed E-state index contributed by atoms with van der Waals surface area (Å²) >= 11 is 1.58. The van der Waals surface area contributed by atoms with Crippen molar-refractivity contribution in [2.24, 2.45) is 0 Å². The number of carbonyl (C=O) groups is 3. The summed E-state index contributed by atoms with van der Waals surface area (Å²) in [6, 6.07) is -0.873. The van der Waals surface area contributed by atoms with Crippen LogP contribution in [0.5, 0.6) is 0 Å². The van der Waals surface area contributed by atoms with Crippen molar-refractivity contribution in [3.63, 3.8) is 0 Å². The fourth-order valence-corrected chi connectivity index (χ4v) is 2.66. The molecule has 0 aromatic carbocycles. The van der Waals surface area contributed by atoms with Gasteiger partial charge in [0.2, 0.25) is 5.91 Å². The minimum Gasteiger partial charge on any atom is -0.480 e. The summed E-state index contributed by atoms with van der Waals surface area (Å²) in [4.78, 5) is 34.7. The number of aliphatic carboxylic acids is 1. The van der Waals surface area contributed by atoms with Crippen LogP contribution in [0, 0.1) is 0 Å². The van der Waals surface area contributed by atoms with E-state index in [1.807, 2.05) is 0 Å². The van der Waals surface area contributed by atoms with E-state index in [2.05, 4.69) is 10.6 Å². The fourth-order valence-electron chi connectivity index (χ4n) is 1.71. The van der Waals surface area contributed by atoms with Crippen molar-refractivity contribution in [3.8, 4) is 0 Å². The molecule has 3 amide bonds. The highest BCUT2D eigenvalue weighted by molar-refractivity contribution is 7.99. The number of carbonyl (C=O) groups excluding carboxylic acids is 2. The van der Waals surface area contributed by atoms with Crippen LogP contribution in [0.15, 0.2) is 0 Å². The van der Waals surface area contributed by atoms with Crippen molar-refractivity contribution in [1.29, 1.82) is 0 Å². The number of amides is 3. The highest BCUT2D eigenvalue weighted by Crippen LogP contribution is 2.07. The second-order valence-corrected chi connectivity index (χ2v) is 5.44. The van der Waals surface area contributed by atoms with Gasteiger partial charge in [0.25, 0.3) is 0 Å². The van der Waals surface area contributed by atoms with Crippen LogP contribution in [0.25, 0.3) is 0 Å². The molecule has 1 atom stereocenters. The van der Waals surface area contributed by atoms with Gasteiger partial charge in [-0.25, -0.2) is 9.59 Å². The zero-order chi connectivity index (χ0) is 14.3. The van der Waals surface area contributed by atoms with Gasteiger partial charge in [-0.1, -0.05) is 0 Å². The fraction of sp³-hybridized carbons (Fsp3) is 0.727. The molecule has 0 aromatic rings. The predicted molar refractivity (Wildman–Crippen MR) is 72.2 cm³/mol. The van der Waals surface area contributed by atoms with Gasteiger partial charge < -0.3 is 20.6 Å². The van der Waals surface area contributed by atoms with Crippen molar-refractivity contribution >= 4 is 29.7 Å². The monoisotopic (exact) mass is 289 g/mol. The Hall–Kier alpha value is -1.44. The molecule has 1 aliphatic rings. The van der Waals surface area contributed by atoms with Gasteiger partial charge in [-0.05, 0) is 12.2 Å². The Bertz CT molecular complexity index is 351. The lowest BCUT2D eigenvalue weighted by atomic mass is 10.2. The van der Waals surface area contributed by atoms with Crippen LogP contribution >= 0.6 is 11.8 Å². The van der Waals surface area contributed by atoms with Gasteiger partial charge in [-0.3, -0.25) is 4.79 Å². The van der Waals surface area contributed by atoms with E-state index >= 15 is 0 Å². The van der Waals surface area contributed by atoms with Crippen LogP contribution in [0.1, 0.15) is 13.3 Å². The molecule has 1 fully saturated rings. The normalized spacial score (nSPS) is 16.1. The van der Waals surface area contributed by atoms with E-state index < -0.39 is 12.0 Å². The molecule has 0 spiro atoms. The minimum absolute atomic E-state index is 0.0396. The number of hydrogen-bond donors (Lipinski definition) is 3. The number of rotatable bonds is 8. The van der Waals surface area contributed by atoms with Gasteiger partial charge in [-0.15, -0.1) is 0 Å². The standard InChI is InChI=1S/C11H19N3O4S/c1-8(15)13-9(10(16)17)2-6-19-7-5-14-4-3-12-11(14)18/h9H,2-7H2,1H3,(H,12,18)(H,13,15)(H,16,17). The number of thioether (sulfide) groups is 1. The largest absolute Gasteiger partial charge is 0.480 e. The lowest BCUT2D eigenvalue weighted by molar-refractivity contribution is -0.141. The SMILES string of the molecule is CC(=O)NC(CCSCCN1CCNC1=O)C(=O)O. The number of hydrogen-bond acceptors (Lipinski definition) is 4. The molecular weight excluding hydrogens is 270 g/mol. The second-order valence-electron chi connectivity index (χ2n) is 4.21. The molecule has 0 aliphatic carbocycles. The summed E-state index contributed by atoms with van der Waals surface area (Å²) in [5.74, 6) is 0.0351. The first-order valence-electron chi connectivity index (χ1n) is 6.11. The zero-order valence-corrected chi connectivity index (χ0v) is 11.7. The van der Waals surface area contributed by atoms with Crippen LogP contribution in [0.2, 0.25) is 0 Å². The molecule has 108 valence electrons. The third-order valence-electron chi connectivity index (χ3n) is 2.68. The lowest BCUT2D eigenvalue weighted by Gasteiger charge is -2.15. The van der Waals surface area contributed by atoms with Crippen molar-refractivity contribution in [2.45, 2.75) is 19.4 Å². The van der Waals surface area contributed by atoms with Gasteiger partial charge in [0, 0.05) is 32.3 Å². The third kappa shape index (κ3) is 5.82. The summed E-state index contributed by atoms with van der Waals surface area (Å²) in [5, 5.41) is 14.0. The molecule has 0 saturated carbocycles. The number of nitrogens with zero attached hydrogens (tertiary/aromatic N) is 1. The van der Waals surface area contributed by atoms with E-state index in [4.69, 9.17) is 5.11 Å². The Morgan fingerprint density at radius 1 is 1.53 bits per heavy atom. The first-order chi connectivity index (χ1) is 9.00. The maximum atomic E-state index is 11.2. The first kappa shape index (κ1) is 15.6. The van der Waals surface area contributed by atoms with Gasteiger partial charge in [0.1, 0.15) is 6.04 Å². The van der Waals surface area contributed by atoms with Crippen molar-refractivity contribution < 1.29 is 19.5 Å². The van der Waals surface area contributed by atoms with Gasteiger partial charge in [0.05, 0.1) is 0 Å². The number of nitrogens with one attached hydrogen (secondary N) is 2. The Morgan fingerprint density at radius 2 is 2.26 bits per heavy atom. The molecule has 1 saturated heterocycles. The summed E-state index contributed by atoms with van der Waals surface area (Å²) in [6.07, 6.45) is 0.381. The molecule has 0 bridgehead atoms. The van der Waals surface area contributed by atoms with Crippen LogP contribution < -0.4 is 10.6 Å². The maximum absolute atomic E-state index is 11.2. The quantitative estimate of drug-likeness (QED) is 0.534. The molecule has 7 nitrogen and oxygen atoms in total. The van der Waals surface area contributed by atoms with Crippen molar-refractivity contribution in [1.82, 2.24) is 15.5 Å². The van der Waals surface area contributed by atoms with Crippen molar-refractivity contribution in [2.75, 3.05) is 31.1 Å². The summed E-state index contributed by atoms with van der Waals surface area (Å²) in [7, 11) is 0. The number of carboxylic acid groups (broad SMARTS) is 1. The van der Waals surface area contributed by atoms with Crippen LogP contribution in [-0.4, -0.2) is 65.1 Å². The average molecular weight is 289 g/mol. The van der Waals surface area contributed by atoms with E-state index in [0.29, 0.717) is 25.3 Å². The van der Waals surface area contributed by atoms with E-state index in [0.717, 1.165) is 12.3 Å². The number of carboxylic acids is 1. The van der Waals surface area contributed by atoms with E-state index in [1.165, 1.54) is 6.92 Å².